The van der Waals surface area contributed by atoms with Gasteiger partial charge in [0.2, 0.25) is 0 Å². The quantitative estimate of drug-likeness (QED) is 0.780. The van der Waals surface area contributed by atoms with E-state index in [0.29, 0.717) is 11.8 Å². The van der Waals surface area contributed by atoms with Gasteiger partial charge in [-0.2, -0.15) is 0 Å². The van der Waals surface area contributed by atoms with Crippen molar-refractivity contribution in [3.63, 3.8) is 0 Å². The van der Waals surface area contributed by atoms with Crippen molar-refractivity contribution in [2.45, 2.75) is 39.5 Å². The van der Waals surface area contributed by atoms with Crippen LogP contribution in [0.4, 0.5) is 0 Å². The molecule has 0 fully saturated rings. The van der Waals surface area contributed by atoms with Crippen LogP contribution < -0.4 is 5.73 Å². The van der Waals surface area contributed by atoms with Crippen molar-refractivity contribution < 1.29 is 0 Å². The van der Waals surface area contributed by atoms with E-state index in [-0.39, 0.29) is 0 Å². The van der Waals surface area contributed by atoms with Crippen LogP contribution in [-0.4, -0.2) is 6.54 Å². The van der Waals surface area contributed by atoms with Gasteiger partial charge in [0.1, 0.15) is 0 Å². The molecular weight excluding hydrogens is 170 g/mol. The molecule has 0 spiro atoms. The fourth-order valence-electron chi connectivity index (χ4n) is 1.68. The Bertz CT molecular complexity index is 302. The van der Waals surface area contributed by atoms with Crippen molar-refractivity contribution in [2.24, 2.45) is 5.73 Å². The summed E-state index contributed by atoms with van der Waals surface area (Å²) in [6, 6.07) is 6.72. The molecule has 0 amide bonds. The molecule has 0 bridgehead atoms. The molecule has 0 saturated carbocycles. The van der Waals surface area contributed by atoms with Crippen molar-refractivity contribution in [1.82, 2.24) is 0 Å². The first kappa shape index (κ1) is 11.3. The van der Waals surface area contributed by atoms with Gasteiger partial charge in [-0.3, -0.25) is 0 Å². The van der Waals surface area contributed by atoms with Crippen molar-refractivity contribution in [3.05, 3.63) is 34.9 Å². The molecule has 1 aromatic rings. The van der Waals surface area contributed by atoms with Gasteiger partial charge in [0.05, 0.1) is 0 Å². The van der Waals surface area contributed by atoms with Gasteiger partial charge in [0.25, 0.3) is 0 Å². The highest BCUT2D eigenvalue weighted by Crippen LogP contribution is 2.23. The Labute approximate surface area is 87.3 Å². The molecule has 1 aromatic carbocycles. The SMILES string of the molecule is Cc1ccc(C(C)C)cc1C(C)CN. The molecule has 0 aliphatic rings. The van der Waals surface area contributed by atoms with Gasteiger partial charge >= 0.3 is 0 Å². The van der Waals surface area contributed by atoms with Crippen LogP contribution >= 0.6 is 0 Å². The van der Waals surface area contributed by atoms with Gasteiger partial charge in [-0.15, -0.1) is 0 Å². The lowest BCUT2D eigenvalue weighted by Crippen LogP contribution is -2.10. The Kier molecular flexibility index (Phi) is 3.70. The minimum atomic E-state index is 0.466. The normalized spacial score (nSPS) is 13.3. The summed E-state index contributed by atoms with van der Waals surface area (Å²) in [5.74, 6) is 1.06. The summed E-state index contributed by atoms with van der Waals surface area (Å²) in [4.78, 5) is 0. The third-order valence-corrected chi connectivity index (χ3v) is 2.85. The summed E-state index contributed by atoms with van der Waals surface area (Å²) in [7, 11) is 0. The molecule has 1 heteroatoms. The van der Waals surface area contributed by atoms with E-state index in [1.54, 1.807) is 0 Å². The Hall–Kier alpha value is -0.820. The predicted molar refractivity (Wildman–Crippen MR) is 62.7 cm³/mol. The second-order valence-electron chi connectivity index (χ2n) is 4.41. The van der Waals surface area contributed by atoms with Crippen LogP contribution in [0.3, 0.4) is 0 Å². The minimum absolute atomic E-state index is 0.466. The van der Waals surface area contributed by atoms with Gasteiger partial charge in [0.15, 0.2) is 0 Å². The Balaban J connectivity index is 3.08. The van der Waals surface area contributed by atoms with Crippen LogP contribution in [0.1, 0.15) is 49.3 Å². The van der Waals surface area contributed by atoms with E-state index in [1.165, 1.54) is 16.7 Å². The molecule has 14 heavy (non-hydrogen) atoms. The van der Waals surface area contributed by atoms with Gasteiger partial charge < -0.3 is 5.73 Å². The maximum absolute atomic E-state index is 5.70. The molecule has 1 unspecified atom stereocenters. The standard InChI is InChI=1S/C13H21N/c1-9(2)12-6-5-10(3)13(7-12)11(4)8-14/h5-7,9,11H,8,14H2,1-4H3. The molecule has 1 rings (SSSR count). The summed E-state index contributed by atoms with van der Waals surface area (Å²) >= 11 is 0. The smallest absolute Gasteiger partial charge is 0.00108 e. The van der Waals surface area contributed by atoms with E-state index in [1.807, 2.05) is 0 Å². The topological polar surface area (TPSA) is 26.0 Å². The van der Waals surface area contributed by atoms with E-state index in [4.69, 9.17) is 5.73 Å². The second-order valence-corrected chi connectivity index (χ2v) is 4.41. The number of aryl methyl sites for hydroxylation is 1. The molecule has 0 heterocycles. The first-order valence-corrected chi connectivity index (χ1v) is 5.36. The number of hydrogen-bond acceptors (Lipinski definition) is 1. The first-order chi connectivity index (χ1) is 6.56. The fourth-order valence-corrected chi connectivity index (χ4v) is 1.68. The van der Waals surface area contributed by atoms with E-state index >= 15 is 0 Å². The molecular formula is C13H21N. The van der Waals surface area contributed by atoms with Crippen LogP contribution in [0.25, 0.3) is 0 Å². The highest BCUT2D eigenvalue weighted by molar-refractivity contribution is 5.35. The molecule has 0 aliphatic heterocycles. The first-order valence-electron chi connectivity index (χ1n) is 5.36. The van der Waals surface area contributed by atoms with E-state index < -0.39 is 0 Å². The summed E-state index contributed by atoms with van der Waals surface area (Å²) < 4.78 is 0. The van der Waals surface area contributed by atoms with Crippen molar-refractivity contribution in [1.29, 1.82) is 0 Å². The largest absolute Gasteiger partial charge is 0.330 e. The molecule has 1 atom stereocenters. The molecule has 0 aromatic heterocycles. The minimum Gasteiger partial charge on any atom is -0.330 e. The van der Waals surface area contributed by atoms with Crippen LogP contribution in [-0.2, 0) is 0 Å². The third-order valence-electron chi connectivity index (χ3n) is 2.85. The average Bonchev–Trinajstić information content (AvgIpc) is 2.17. The fraction of sp³-hybridized carbons (Fsp3) is 0.538. The lowest BCUT2D eigenvalue weighted by Gasteiger charge is -2.15. The summed E-state index contributed by atoms with van der Waals surface area (Å²) in [6.45, 7) is 9.52. The maximum atomic E-state index is 5.70. The number of nitrogens with two attached hydrogens (primary N) is 1. The monoisotopic (exact) mass is 191 g/mol. The Morgan fingerprint density at radius 2 is 1.86 bits per heavy atom. The van der Waals surface area contributed by atoms with Crippen molar-refractivity contribution in [2.75, 3.05) is 6.54 Å². The van der Waals surface area contributed by atoms with Crippen molar-refractivity contribution >= 4 is 0 Å². The molecule has 78 valence electrons. The zero-order chi connectivity index (χ0) is 10.7. The van der Waals surface area contributed by atoms with Crippen LogP contribution in [0.5, 0.6) is 0 Å². The number of benzene rings is 1. The van der Waals surface area contributed by atoms with Crippen LogP contribution in [0.2, 0.25) is 0 Å². The summed E-state index contributed by atoms with van der Waals surface area (Å²) in [6.07, 6.45) is 0. The van der Waals surface area contributed by atoms with E-state index in [2.05, 4.69) is 45.9 Å². The Morgan fingerprint density at radius 1 is 1.21 bits per heavy atom. The van der Waals surface area contributed by atoms with Gasteiger partial charge in [0, 0.05) is 0 Å². The Morgan fingerprint density at radius 3 is 2.36 bits per heavy atom. The number of hydrogen-bond donors (Lipinski definition) is 1. The predicted octanol–water partition coefficient (Wildman–Crippen LogP) is 3.18. The zero-order valence-corrected chi connectivity index (χ0v) is 9.67. The van der Waals surface area contributed by atoms with Gasteiger partial charge in [-0.1, -0.05) is 39.0 Å². The molecule has 0 aliphatic carbocycles. The van der Waals surface area contributed by atoms with Crippen molar-refractivity contribution in [3.8, 4) is 0 Å². The lowest BCUT2D eigenvalue weighted by molar-refractivity contribution is 0.760. The van der Waals surface area contributed by atoms with Crippen LogP contribution in [0.15, 0.2) is 18.2 Å². The molecule has 2 N–H and O–H groups in total. The molecule has 0 saturated heterocycles. The second kappa shape index (κ2) is 4.61. The zero-order valence-electron chi connectivity index (χ0n) is 9.67. The molecule has 0 radical (unpaired) electrons. The highest BCUT2D eigenvalue weighted by atomic mass is 14.5. The van der Waals surface area contributed by atoms with Crippen LogP contribution in [0, 0.1) is 6.92 Å². The summed E-state index contributed by atoms with van der Waals surface area (Å²) in [5, 5.41) is 0. The average molecular weight is 191 g/mol. The number of rotatable bonds is 3. The third kappa shape index (κ3) is 2.36. The maximum Gasteiger partial charge on any atom is -0.00108 e. The highest BCUT2D eigenvalue weighted by Gasteiger charge is 2.08. The molecule has 1 nitrogen and oxygen atoms in total. The van der Waals surface area contributed by atoms with E-state index in [9.17, 15) is 0 Å². The summed E-state index contributed by atoms with van der Waals surface area (Å²) in [5.41, 5.74) is 9.86. The lowest BCUT2D eigenvalue weighted by atomic mass is 9.91. The van der Waals surface area contributed by atoms with E-state index in [0.717, 1.165) is 6.54 Å². The van der Waals surface area contributed by atoms with Gasteiger partial charge in [-0.05, 0) is 42.0 Å². The van der Waals surface area contributed by atoms with Gasteiger partial charge in [-0.25, -0.2) is 0 Å².